The van der Waals surface area contributed by atoms with E-state index in [4.69, 9.17) is 10.00 Å². The van der Waals surface area contributed by atoms with Gasteiger partial charge in [-0.1, -0.05) is 36.4 Å². The van der Waals surface area contributed by atoms with Crippen LogP contribution in [0.25, 0.3) is 0 Å². The minimum Gasteiger partial charge on any atom is -0.489 e. The van der Waals surface area contributed by atoms with Crippen LogP contribution in [0, 0.1) is 11.3 Å². The number of sulfonamides is 1. The minimum atomic E-state index is -3.85. The maximum Gasteiger partial charge on any atom is 0.242 e. The maximum absolute atomic E-state index is 13.0. The zero-order valence-corrected chi connectivity index (χ0v) is 20.2. The predicted molar refractivity (Wildman–Crippen MR) is 134 cm³/mol. The smallest absolute Gasteiger partial charge is 0.242 e. The van der Waals surface area contributed by atoms with Crippen LogP contribution < -0.4 is 14.8 Å². The lowest BCUT2D eigenvalue weighted by molar-refractivity contribution is -0.117. The third-order valence-corrected chi connectivity index (χ3v) is 6.97. The van der Waals surface area contributed by atoms with Gasteiger partial charge in [-0.3, -0.25) is 4.79 Å². The number of nitrogens with zero attached hydrogens (tertiary/aromatic N) is 1. The van der Waals surface area contributed by atoms with Gasteiger partial charge in [0.2, 0.25) is 15.9 Å². The van der Waals surface area contributed by atoms with Crippen molar-refractivity contribution in [2.75, 3.05) is 17.3 Å². The van der Waals surface area contributed by atoms with E-state index in [2.05, 4.69) is 16.1 Å². The quantitative estimate of drug-likeness (QED) is 0.413. The molecule has 3 rings (SSSR count). The number of thioether (sulfide) groups is 1. The van der Waals surface area contributed by atoms with Crippen molar-refractivity contribution in [1.82, 2.24) is 4.72 Å². The molecule has 9 heteroatoms. The van der Waals surface area contributed by atoms with Crippen molar-refractivity contribution in [3.63, 3.8) is 0 Å². The van der Waals surface area contributed by atoms with Crippen LogP contribution in [0.4, 0.5) is 5.69 Å². The molecule has 7 nitrogen and oxygen atoms in total. The number of carbonyl (C=O) groups excluding carboxylic acids is 1. The van der Waals surface area contributed by atoms with Crippen molar-refractivity contribution in [3.8, 4) is 11.8 Å². The average Bonchev–Trinajstić information content (AvgIpc) is 2.86. The Morgan fingerprint density at radius 2 is 1.82 bits per heavy atom. The van der Waals surface area contributed by atoms with Crippen molar-refractivity contribution in [1.29, 1.82) is 5.26 Å². The van der Waals surface area contributed by atoms with Gasteiger partial charge in [0.15, 0.2) is 0 Å². The number of ether oxygens (including phenoxy) is 1. The Balaban J connectivity index is 1.68. The number of rotatable bonds is 11. The van der Waals surface area contributed by atoms with E-state index in [-0.39, 0.29) is 11.5 Å². The number of anilines is 1. The van der Waals surface area contributed by atoms with Gasteiger partial charge in [-0.15, -0.1) is 0 Å². The van der Waals surface area contributed by atoms with Crippen molar-refractivity contribution in [3.05, 3.63) is 90.0 Å². The Morgan fingerprint density at radius 3 is 2.56 bits per heavy atom. The zero-order valence-electron chi connectivity index (χ0n) is 18.6. The molecule has 0 bridgehead atoms. The minimum absolute atomic E-state index is 0.104. The lowest BCUT2D eigenvalue weighted by atomic mass is 10.1. The van der Waals surface area contributed by atoms with E-state index in [1.165, 1.54) is 23.9 Å². The zero-order chi connectivity index (χ0) is 24.4. The molecule has 34 heavy (non-hydrogen) atoms. The molecular weight excluding hydrogens is 470 g/mol. The third-order valence-electron chi connectivity index (χ3n) is 4.84. The van der Waals surface area contributed by atoms with Crippen molar-refractivity contribution in [2.45, 2.75) is 24.0 Å². The summed E-state index contributed by atoms with van der Waals surface area (Å²) in [5, 5.41) is 11.8. The van der Waals surface area contributed by atoms with Crippen molar-refractivity contribution in [2.24, 2.45) is 0 Å². The highest BCUT2D eigenvalue weighted by Crippen LogP contribution is 2.20. The molecule has 0 fully saturated rings. The van der Waals surface area contributed by atoms with E-state index in [0.717, 1.165) is 5.56 Å². The highest BCUT2D eigenvalue weighted by molar-refractivity contribution is 7.98. The second kappa shape index (κ2) is 12.2. The molecule has 0 aliphatic carbocycles. The molecule has 176 valence electrons. The third kappa shape index (κ3) is 7.35. The Hall–Kier alpha value is -3.32. The van der Waals surface area contributed by atoms with Gasteiger partial charge in [0.1, 0.15) is 18.4 Å². The van der Waals surface area contributed by atoms with E-state index in [9.17, 15) is 13.2 Å². The van der Waals surface area contributed by atoms with E-state index in [0.29, 0.717) is 29.2 Å². The molecule has 0 heterocycles. The molecule has 0 aliphatic rings. The molecule has 0 aromatic heterocycles. The molecule has 1 amide bonds. The Bertz CT molecular complexity index is 1260. The fourth-order valence-electron chi connectivity index (χ4n) is 3.12. The standard InChI is InChI=1S/C25H25N3O4S2/c1-33-14-13-24(28-34(30,31)23-11-3-2-4-12-23)25(29)27-21-9-6-10-22(16-21)32-18-20-8-5-7-19(15-20)17-26/h2-12,15-16,24,28H,13-14,18H2,1H3,(H,27,29). The number of nitrogens with one attached hydrogen (secondary N) is 2. The van der Waals surface area contributed by atoms with Gasteiger partial charge in [0.05, 0.1) is 16.5 Å². The molecule has 3 aromatic rings. The van der Waals surface area contributed by atoms with Crippen LogP contribution in [-0.2, 0) is 21.4 Å². The SMILES string of the molecule is CSCCC(NS(=O)(=O)c1ccccc1)C(=O)Nc1cccc(OCc2cccc(C#N)c2)c1. The van der Waals surface area contributed by atoms with Crippen molar-refractivity contribution < 1.29 is 17.9 Å². The summed E-state index contributed by atoms with van der Waals surface area (Å²) in [5.41, 5.74) is 1.89. The van der Waals surface area contributed by atoms with Crippen LogP contribution in [0.3, 0.4) is 0 Å². The largest absolute Gasteiger partial charge is 0.489 e. The van der Waals surface area contributed by atoms with Gasteiger partial charge < -0.3 is 10.1 Å². The number of carbonyl (C=O) groups is 1. The average molecular weight is 496 g/mol. The van der Waals surface area contributed by atoms with E-state index in [1.54, 1.807) is 60.7 Å². The molecule has 0 saturated heterocycles. The Kier molecular flexibility index (Phi) is 9.10. The number of benzene rings is 3. The first-order valence-electron chi connectivity index (χ1n) is 10.5. The van der Waals surface area contributed by atoms with Gasteiger partial charge in [0.25, 0.3) is 0 Å². The highest BCUT2D eigenvalue weighted by Gasteiger charge is 2.25. The fourth-order valence-corrected chi connectivity index (χ4v) is 4.85. The molecule has 0 saturated carbocycles. The summed E-state index contributed by atoms with van der Waals surface area (Å²) >= 11 is 1.53. The first kappa shape index (κ1) is 25.3. The molecule has 0 aliphatic heterocycles. The van der Waals surface area contributed by atoms with Gasteiger partial charge >= 0.3 is 0 Å². The summed E-state index contributed by atoms with van der Waals surface area (Å²) in [5.74, 6) is 0.693. The molecule has 1 atom stereocenters. The van der Waals surface area contributed by atoms with Gasteiger partial charge in [0, 0.05) is 11.8 Å². The highest BCUT2D eigenvalue weighted by atomic mass is 32.2. The summed E-state index contributed by atoms with van der Waals surface area (Å²) in [6, 6.07) is 23.1. The Morgan fingerprint density at radius 1 is 1.06 bits per heavy atom. The first-order valence-corrected chi connectivity index (χ1v) is 13.4. The summed E-state index contributed by atoms with van der Waals surface area (Å²) in [6.07, 6.45) is 2.23. The van der Waals surface area contributed by atoms with Crippen LogP contribution in [-0.4, -0.2) is 32.4 Å². The lowest BCUT2D eigenvalue weighted by Gasteiger charge is -2.18. The monoisotopic (exact) mass is 495 g/mol. The summed E-state index contributed by atoms with van der Waals surface area (Å²) in [4.78, 5) is 13.1. The van der Waals surface area contributed by atoms with Crippen LogP contribution >= 0.6 is 11.8 Å². The normalized spacial score (nSPS) is 11.9. The first-order chi connectivity index (χ1) is 16.4. The lowest BCUT2D eigenvalue weighted by Crippen LogP contribution is -2.44. The molecule has 0 spiro atoms. The van der Waals surface area contributed by atoms with Gasteiger partial charge in [-0.05, 0) is 60.4 Å². The maximum atomic E-state index is 13.0. The number of nitriles is 1. The molecular formula is C25H25N3O4S2. The molecule has 1 unspecified atom stereocenters. The summed E-state index contributed by atoms with van der Waals surface area (Å²) < 4.78 is 33.8. The Labute approximate surface area is 204 Å². The van der Waals surface area contributed by atoms with E-state index >= 15 is 0 Å². The summed E-state index contributed by atoms with van der Waals surface area (Å²) in [6.45, 7) is 0.264. The molecule has 0 radical (unpaired) electrons. The van der Waals surface area contributed by atoms with Crippen LogP contribution in [0.5, 0.6) is 5.75 Å². The second-order valence-corrected chi connectivity index (χ2v) is 10.1. The van der Waals surface area contributed by atoms with E-state index in [1.807, 2.05) is 12.3 Å². The number of amides is 1. The van der Waals surface area contributed by atoms with Crippen LogP contribution in [0.15, 0.2) is 83.8 Å². The summed E-state index contributed by atoms with van der Waals surface area (Å²) in [7, 11) is -3.85. The predicted octanol–water partition coefficient (Wildman–Crippen LogP) is 4.18. The number of hydrogen-bond acceptors (Lipinski definition) is 6. The molecule has 2 N–H and O–H groups in total. The van der Waals surface area contributed by atoms with Gasteiger partial charge in [-0.25, -0.2) is 8.42 Å². The fraction of sp³-hybridized carbons (Fsp3) is 0.200. The number of hydrogen-bond donors (Lipinski definition) is 2. The van der Waals surface area contributed by atoms with Crippen LogP contribution in [0.2, 0.25) is 0 Å². The second-order valence-electron chi connectivity index (χ2n) is 7.39. The van der Waals surface area contributed by atoms with Crippen LogP contribution in [0.1, 0.15) is 17.5 Å². The van der Waals surface area contributed by atoms with E-state index < -0.39 is 22.0 Å². The van der Waals surface area contributed by atoms with Crippen molar-refractivity contribution >= 4 is 33.4 Å². The van der Waals surface area contributed by atoms with Gasteiger partial charge in [-0.2, -0.15) is 21.7 Å². The topological polar surface area (TPSA) is 108 Å². The molecule has 3 aromatic carbocycles.